The van der Waals surface area contributed by atoms with Crippen LogP contribution in [-0.2, 0) is 7.05 Å². The summed E-state index contributed by atoms with van der Waals surface area (Å²) >= 11 is 1.43. The molecule has 26 heavy (non-hydrogen) atoms. The number of fused-ring (bicyclic) bond motifs is 2. The number of rotatable bonds is 2. The molecule has 0 unspecified atom stereocenters. The van der Waals surface area contributed by atoms with Crippen molar-refractivity contribution < 1.29 is 0 Å². The monoisotopic (exact) mass is 358 g/mol. The average molecular weight is 358 g/mol. The van der Waals surface area contributed by atoms with Gasteiger partial charge in [-0.3, -0.25) is 4.79 Å². The predicted molar refractivity (Wildman–Crippen MR) is 104 cm³/mol. The quantitative estimate of drug-likeness (QED) is 0.480. The van der Waals surface area contributed by atoms with Gasteiger partial charge in [0.1, 0.15) is 5.01 Å². The zero-order chi connectivity index (χ0) is 17.7. The Morgan fingerprint density at radius 2 is 1.77 bits per heavy atom. The van der Waals surface area contributed by atoms with Crippen molar-refractivity contribution in [3.8, 4) is 21.8 Å². The predicted octanol–water partition coefficient (Wildman–Crippen LogP) is 3.98. The van der Waals surface area contributed by atoms with Crippen LogP contribution in [0.15, 0.2) is 71.7 Å². The van der Waals surface area contributed by atoms with Gasteiger partial charge in [-0.15, -0.1) is 0 Å². The topological polar surface area (TPSA) is 52.2 Å². The van der Waals surface area contributed by atoms with Gasteiger partial charge in [-0.1, -0.05) is 59.9 Å². The van der Waals surface area contributed by atoms with Gasteiger partial charge in [-0.05, 0) is 6.07 Å². The lowest BCUT2D eigenvalue weighted by atomic mass is 10.1. The first-order valence-corrected chi connectivity index (χ1v) is 9.03. The molecule has 126 valence electrons. The van der Waals surface area contributed by atoms with E-state index >= 15 is 0 Å². The van der Waals surface area contributed by atoms with Gasteiger partial charge < -0.3 is 4.57 Å². The first-order chi connectivity index (χ1) is 12.7. The van der Waals surface area contributed by atoms with Crippen LogP contribution >= 0.6 is 11.3 Å². The van der Waals surface area contributed by atoms with E-state index in [1.807, 2.05) is 55.7 Å². The number of nitrogens with zero attached hydrogens (tertiary/aromatic N) is 4. The Bertz CT molecular complexity index is 1310. The second-order valence-corrected chi connectivity index (χ2v) is 7.07. The molecule has 0 radical (unpaired) electrons. The summed E-state index contributed by atoms with van der Waals surface area (Å²) in [6, 6.07) is 19.4. The zero-order valence-corrected chi connectivity index (χ0v) is 14.8. The Balaban J connectivity index is 1.73. The van der Waals surface area contributed by atoms with E-state index in [0.29, 0.717) is 10.7 Å². The second-order valence-electron chi connectivity index (χ2n) is 6.12. The number of hydrogen-bond donors (Lipinski definition) is 0. The molecule has 0 bridgehead atoms. The number of para-hydroxylation sites is 1. The first kappa shape index (κ1) is 15.0. The third-order valence-corrected chi connectivity index (χ3v) is 5.38. The lowest BCUT2D eigenvalue weighted by Crippen LogP contribution is -2.14. The molecule has 0 aliphatic heterocycles. The summed E-state index contributed by atoms with van der Waals surface area (Å²) < 4.78 is 3.45. The molecule has 3 aromatic heterocycles. The van der Waals surface area contributed by atoms with Crippen molar-refractivity contribution >= 4 is 27.2 Å². The molecule has 0 N–H and O–H groups in total. The first-order valence-electron chi connectivity index (χ1n) is 8.21. The van der Waals surface area contributed by atoms with E-state index < -0.39 is 0 Å². The minimum atomic E-state index is -0.170. The van der Waals surface area contributed by atoms with E-state index in [9.17, 15) is 4.79 Å². The zero-order valence-electron chi connectivity index (χ0n) is 14.0. The highest BCUT2D eigenvalue weighted by atomic mass is 32.1. The number of benzene rings is 2. The van der Waals surface area contributed by atoms with Crippen LogP contribution in [0.2, 0.25) is 0 Å². The fourth-order valence-electron chi connectivity index (χ4n) is 3.19. The summed E-state index contributed by atoms with van der Waals surface area (Å²) in [4.78, 5) is 17.8. The molecule has 5 nitrogen and oxygen atoms in total. The molecule has 3 heterocycles. The molecular formula is C20H14N4OS. The van der Waals surface area contributed by atoms with Gasteiger partial charge in [0.05, 0.1) is 5.69 Å². The van der Waals surface area contributed by atoms with Gasteiger partial charge in [0.2, 0.25) is 4.96 Å². The molecular weight excluding hydrogens is 344 g/mol. The summed E-state index contributed by atoms with van der Waals surface area (Å²) in [6.07, 6.45) is 2.05. The third-order valence-electron chi connectivity index (χ3n) is 4.44. The average Bonchev–Trinajstić information content (AvgIpc) is 3.24. The van der Waals surface area contributed by atoms with E-state index in [1.165, 1.54) is 21.9 Å². The van der Waals surface area contributed by atoms with Crippen molar-refractivity contribution in [2.75, 3.05) is 0 Å². The SMILES string of the molecule is Cn1cc(-c2nn3c(=O)cc(-c4ccccc4)nc3s2)c2ccccc21. The Labute approximate surface area is 152 Å². The number of aryl methyl sites for hydroxylation is 1. The van der Waals surface area contributed by atoms with Gasteiger partial charge in [0.25, 0.3) is 5.56 Å². The Hall–Kier alpha value is -3.25. The maximum absolute atomic E-state index is 12.5. The summed E-state index contributed by atoms with van der Waals surface area (Å²) in [5.74, 6) is 0. The van der Waals surface area contributed by atoms with Crippen LogP contribution in [0, 0.1) is 0 Å². The number of aromatic nitrogens is 4. The molecule has 0 fully saturated rings. The van der Waals surface area contributed by atoms with E-state index in [0.717, 1.165) is 27.0 Å². The van der Waals surface area contributed by atoms with Crippen LogP contribution < -0.4 is 5.56 Å². The van der Waals surface area contributed by atoms with Crippen LogP contribution in [0.25, 0.3) is 37.7 Å². The molecule has 0 spiro atoms. The van der Waals surface area contributed by atoms with Gasteiger partial charge >= 0.3 is 0 Å². The lowest BCUT2D eigenvalue weighted by Gasteiger charge is -1.99. The molecule has 0 aliphatic carbocycles. The summed E-state index contributed by atoms with van der Waals surface area (Å²) in [5, 5.41) is 6.43. The fraction of sp³-hybridized carbons (Fsp3) is 0.0500. The maximum Gasteiger partial charge on any atom is 0.275 e. The molecule has 0 atom stereocenters. The molecule has 0 saturated heterocycles. The van der Waals surface area contributed by atoms with Gasteiger partial charge in [0, 0.05) is 41.3 Å². The summed E-state index contributed by atoms with van der Waals surface area (Å²) in [6.45, 7) is 0. The van der Waals surface area contributed by atoms with Crippen LogP contribution in [0.1, 0.15) is 0 Å². The molecule has 6 heteroatoms. The van der Waals surface area contributed by atoms with Crippen LogP contribution in [0.4, 0.5) is 0 Å². The maximum atomic E-state index is 12.5. The van der Waals surface area contributed by atoms with Gasteiger partial charge in [-0.2, -0.15) is 9.61 Å². The second kappa shape index (κ2) is 5.64. The lowest BCUT2D eigenvalue weighted by molar-refractivity contribution is 0.904. The van der Waals surface area contributed by atoms with Crippen molar-refractivity contribution in [2.45, 2.75) is 0 Å². The van der Waals surface area contributed by atoms with Gasteiger partial charge in [0.15, 0.2) is 0 Å². The molecule has 5 rings (SSSR count). The minimum Gasteiger partial charge on any atom is -0.350 e. The molecule has 0 saturated carbocycles. The third kappa shape index (κ3) is 2.27. The molecule has 2 aromatic carbocycles. The van der Waals surface area contributed by atoms with Crippen LogP contribution in [-0.4, -0.2) is 19.2 Å². The van der Waals surface area contributed by atoms with E-state index in [1.54, 1.807) is 0 Å². The highest BCUT2D eigenvalue weighted by molar-refractivity contribution is 7.19. The Morgan fingerprint density at radius 3 is 2.62 bits per heavy atom. The van der Waals surface area contributed by atoms with E-state index in [-0.39, 0.29) is 5.56 Å². The summed E-state index contributed by atoms with van der Waals surface area (Å²) in [5.41, 5.74) is 3.57. The van der Waals surface area contributed by atoms with Gasteiger partial charge in [-0.25, -0.2) is 4.98 Å². The smallest absolute Gasteiger partial charge is 0.275 e. The highest BCUT2D eigenvalue weighted by Gasteiger charge is 2.15. The van der Waals surface area contributed by atoms with Crippen molar-refractivity contribution in [1.82, 2.24) is 19.2 Å². The number of hydrogen-bond acceptors (Lipinski definition) is 4. The normalized spacial score (nSPS) is 11.4. The summed E-state index contributed by atoms with van der Waals surface area (Å²) in [7, 11) is 2.01. The van der Waals surface area contributed by atoms with Crippen molar-refractivity contribution in [3.05, 3.63) is 77.2 Å². The standard InChI is InChI=1S/C20H14N4OS/c1-23-12-15(14-9-5-6-10-17(14)23)19-22-24-18(25)11-16(21-20(24)26-19)13-7-3-2-4-8-13/h2-12H,1H3. The largest absolute Gasteiger partial charge is 0.350 e. The minimum absolute atomic E-state index is 0.170. The molecule has 0 amide bonds. The van der Waals surface area contributed by atoms with Crippen molar-refractivity contribution in [3.63, 3.8) is 0 Å². The molecule has 0 aliphatic rings. The fourth-order valence-corrected chi connectivity index (χ4v) is 4.12. The van der Waals surface area contributed by atoms with Crippen LogP contribution in [0.5, 0.6) is 0 Å². The Morgan fingerprint density at radius 1 is 1.00 bits per heavy atom. The highest BCUT2D eigenvalue weighted by Crippen LogP contribution is 2.32. The van der Waals surface area contributed by atoms with E-state index in [2.05, 4.69) is 26.8 Å². The van der Waals surface area contributed by atoms with E-state index in [4.69, 9.17) is 0 Å². The Kier molecular flexibility index (Phi) is 3.26. The van der Waals surface area contributed by atoms with Crippen molar-refractivity contribution in [1.29, 1.82) is 0 Å². The molecule has 5 aromatic rings. The van der Waals surface area contributed by atoms with Crippen LogP contribution in [0.3, 0.4) is 0 Å². The van der Waals surface area contributed by atoms with Crippen molar-refractivity contribution in [2.24, 2.45) is 7.05 Å².